The Labute approximate surface area is 266 Å². The minimum absolute atomic E-state index is 0.177. The first-order valence-corrected chi connectivity index (χ1v) is 16.4. The molecule has 0 bridgehead atoms. The van der Waals surface area contributed by atoms with Crippen molar-refractivity contribution in [3.63, 3.8) is 0 Å². The molecule has 5 rings (SSSR count). The molecule has 0 aromatic heterocycles. The number of aryl methyl sites for hydroxylation is 1. The molecule has 3 aromatic rings. The fourth-order valence-corrected chi connectivity index (χ4v) is 5.77. The van der Waals surface area contributed by atoms with E-state index >= 15 is 0 Å². The molecule has 0 saturated heterocycles. The number of hydrogen-bond donors (Lipinski definition) is 0. The van der Waals surface area contributed by atoms with Crippen molar-refractivity contribution in [2.75, 3.05) is 0 Å². The van der Waals surface area contributed by atoms with Crippen LogP contribution in [0.4, 0.5) is 0 Å². The van der Waals surface area contributed by atoms with Crippen LogP contribution in [-0.4, -0.2) is 3.71 Å². The molecule has 2 aliphatic carbocycles. The molecule has 0 aliphatic heterocycles. The van der Waals surface area contributed by atoms with Crippen LogP contribution in [0, 0.1) is 30.4 Å². The van der Waals surface area contributed by atoms with Gasteiger partial charge in [-0.2, -0.15) is 41.0 Å². The summed E-state index contributed by atoms with van der Waals surface area (Å²) in [4.78, 5) is 0. The Bertz CT molecular complexity index is 1360. The number of hydrogen-bond acceptors (Lipinski definition) is 0. The Balaban J connectivity index is 0.000000193. The molecule has 0 heterocycles. The number of rotatable bonds is 1. The van der Waals surface area contributed by atoms with E-state index in [0.29, 0.717) is 11.3 Å². The second kappa shape index (κ2) is 13.0. The van der Waals surface area contributed by atoms with Gasteiger partial charge in [0.15, 0.2) is 0 Å². The normalized spacial score (nSPS) is 15.9. The van der Waals surface area contributed by atoms with Crippen molar-refractivity contribution in [1.29, 1.82) is 0 Å². The topological polar surface area (TPSA) is 0 Å². The molecule has 41 heavy (non-hydrogen) atoms. The Hall–Kier alpha value is -2.11. The van der Waals surface area contributed by atoms with E-state index in [1.54, 1.807) is 0 Å². The minimum atomic E-state index is 0.177. The number of fused-ring (bicyclic) bond motifs is 3. The molecule has 0 nitrogen and oxygen atoms in total. The standard InChI is InChI=1S/C21H25.C11H17.C8H8.Zr/c1-20(2,3)16-9-7-14-11-15-8-10-17(21(4,5)6)13-19(15)18(14)12-16;1-8-6-9(2)10(7-8)11(3,4)5;1-7-3-5-8(2)6-4-7;/h7,9-10,12-13H,11H2,1-6H3;7-8H,1-5H3;1,3-6H,2H3;/q2*-1;;+2. The van der Waals surface area contributed by atoms with Crippen molar-refractivity contribution in [2.45, 2.75) is 100 Å². The van der Waals surface area contributed by atoms with Crippen molar-refractivity contribution >= 4 is 3.71 Å². The monoisotopic (exact) mass is 620 g/mol. The summed E-state index contributed by atoms with van der Waals surface area (Å²) >= 11 is 1.47. The van der Waals surface area contributed by atoms with E-state index in [4.69, 9.17) is 0 Å². The molecule has 0 radical (unpaired) electrons. The van der Waals surface area contributed by atoms with Crippen LogP contribution in [0.25, 0.3) is 11.1 Å². The zero-order valence-corrected chi connectivity index (χ0v) is 30.1. The van der Waals surface area contributed by atoms with Gasteiger partial charge in [0.2, 0.25) is 0 Å². The molecule has 214 valence electrons. The summed E-state index contributed by atoms with van der Waals surface area (Å²) in [6.07, 6.45) is 6.74. The number of benzene rings is 3. The van der Waals surface area contributed by atoms with Crippen LogP contribution in [0.15, 0.2) is 71.8 Å². The summed E-state index contributed by atoms with van der Waals surface area (Å²) in [6.45, 7) is 26.8. The molecule has 3 aromatic carbocycles. The number of allylic oxidation sites excluding steroid dienone is 4. The van der Waals surface area contributed by atoms with Gasteiger partial charge in [-0.05, 0) is 17.4 Å². The maximum atomic E-state index is 3.53. The van der Waals surface area contributed by atoms with Crippen LogP contribution in [-0.2, 0) is 41.5 Å². The first kappa shape index (κ1) is 33.4. The van der Waals surface area contributed by atoms with Crippen molar-refractivity contribution in [3.05, 3.63) is 117 Å². The summed E-state index contributed by atoms with van der Waals surface area (Å²) in [5, 5.41) is 0. The summed E-state index contributed by atoms with van der Waals surface area (Å²) in [7, 11) is 0. The van der Waals surface area contributed by atoms with Crippen LogP contribution in [0.5, 0.6) is 0 Å². The molecule has 0 fully saturated rings. The third-order valence-corrected chi connectivity index (χ3v) is 8.66. The van der Waals surface area contributed by atoms with Crippen LogP contribution in [0.2, 0.25) is 0 Å². The average molecular weight is 622 g/mol. The fraction of sp³-hybridized carbons (Fsp3) is 0.425. The molecule has 1 unspecified atom stereocenters. The van der Waals surface area contributed by atoms with E-state index in [9.17, 15) is 0 Å². The van der Waals surface area contributed by atoms with Gasteiger partial charge in [-0.25, -0.2) is 5.57 Å². The average Bonchev–Trinajstić information content (AvgIpc) is 3.42. The summed E-state index contributed by atoms with van der Waals surface area (Å²) < 4.78 is 2.19. The van der Waals surface area contributed by atoms with Gasteiger partial charge in [-0.15, -0.1) is 5.56 Å². The van der Waals surface area contributed by atoms with Crippen LogP contribution in [0.3, 0.4) is 0 Å². The summed E-state index contributed by atoms with van der Waals surface area (Å²) in [5.74, 6) is 0.518. The molecule has 0 amide bonds. The van der Waals surface area contributed by atoms with Gasteiger partial charge < -0.3 is 0 Å². The predicted octanol–water partition coefficient (Wildman–Crippen LogP) is 10.7. The molecule has 0 spiro atoms. The maximum absolute atomic E-state index is 3.53. The summed E-state index contributed by atoms with van der Waals surface area (Å²) in [6, 6.07) is 23.6. The van der Waals surface area contributed by atoms with Gasteiger partial charge in [-0.1, -0.05) is 122 Å². The predicted molar refractivity (Wildman–Crippen MR) is 176 cm³/mol. The Morgan fingerprint density at radius 1 is 0.756 bits per heavy atom. The fourth-order valence-electron chi connectivity index (χ4n) is 5.30. The third-order valence-electron chi connectivity index (χ3n) is 7.84. The van der Waals surface area contributed by atoms with Crippen LogP contribution >= 0.6 is 0 Å². The first-order valence-electron chi connectivity index (χ1n) is 15.0. The van der Waals surface area contributed by atoms with Gasteiger partial charge in [-0.3, -0.25) is 6.08 Å². The molecular formula is C40H50Zr. The van der Waals surface area contributed by atoms with Crippen molar-refractivity contribution in [3.8, 4) is 11.1 Å². The van der Waals surface area contributed by atoms with Gasteiger partial charge in [0.05, 0.1) is 0 Å². The molecular weight excluding hydrogens is 572 g/mol. The van der Waals surface area contributed by atoms with E-state index in [1.165, 1.54) is 79.9 Å². The SMILES string of the molecule is CC(C)(C)c1c[c-]c2c(c1)-c1cc(C(C)(C)C)ccc1C2.CC1=[C-]C(C)C=C1C(C)(C)C.Cc1ccc([CH]=[Zr+2])cc1. The van der Waals surface area contributed by atoms with E-state index in [0.717, 1.165) is 6.42 Å². The zero-order valence-electron chi connectivity index (χ0n) is 27.6. The first-order chi connectivity index (χ1) is 18.9. The molecule has 0 saturated carbocycles. The van der Waals surface area contributed by atoms with Crippen molar-refractivity contribution in [1.82, 2.24) is 0 Å². The van der Waals surface area contributed by atoms with E-state index < -0.39 is 0 Å². The Kier molecular flexibility index (Phi) is 10.6. The van der Waals surface area contributed by atoms with Gasteiger partial charge >= 0.3 is 70.3 Å². The molecule has 1 atom stereocenters. The van der Waals surface area contributed by atoms with Crippen LogP contribution < -0.4 is 0 Å². The second-order valence-corrected chi connectivity index (χ2v) is 15.5. The molecule has 2 aliphatic rings. The van der Waals surface area contributed by atoms with Crippen molar-refractivity contribution < 1.29 is 24.2 Å². The third kappa shape index (κ3) is 8.94. The van der Waals surface area contributed by atoms with Gasteiger partial charge in [0.25, 0.3) is 0 Å². The van der Waals surface area contributed by atoms with E-state index in [-0.39, 0.29) is 10.8 Å². The molecule has 0 N–H and O–H groups in total. The van der Waals surface area contributed by atoms with E-state index in [1.807, 2.05) is 0 Å². The Morgan fingerprint density at radius 2 is 1.34 bits per heavy atom. The van der Waals surface area contributed by atoms with E-state index in [2.05, 4.69) is 160 Å². The quantitative estimate of drug-likeness (QED) is 0.186. The van der Waals surface area contributed by atoms with Crippen molar-refractivity contribution in [2.24, 2.45) is 11.3 Å². The van der Waals surface area contributed by atoms with Gasteiger partial charge in [0.1, 0.15) is 0 Å². The zero-order chi connectivity index (χ0) is 30.8. The van der Waals surface area contributed by atoms with Crippen LogP contribution in [0.1, 0.15) is 110 Å². The summed E-state index contributed by atoms with van der Waals surface area (Å²) in [5.41, 5.74) is 14.5. The molecule has 1 heteroatoms. The second-order valence-electron chi connectivity index (χ2n) is 14.8. The Morgan fingerprint density at radius 3 is 1.80 bits per heavy atom. The van der Waals surface area contributed by atoms with Gasteiger partial charge in [0, 0.05) is 0 Å².